The Bertz CT molecular complexity index is 977. The summed E-state index contributed by atoms with van der Waals surface area (Å²) in [6.45, 7) is 6.20. The van der Waals surface area contributed by atoms with Crippen LogP contribution < -0.4 is 5.32 Å². The van der Waals surface area contributed by atoms with E-state index in [1.54, 1.807) is 6.20 Å². The SMILES string of the molecule is Cc1ccc(-c2csc(/C(C#N)=C\Nc3ccccc3C)n2)c(C)c1. The standard InChI is InChI=1S/C21H19N3S/c1-14-8-9-18(16(3)10-14)20-13-25-21(24-20)17(11-22)12-23-19-7-5-4-6-15(19)2/h4-10,12-13,23H,1-3H3/b17-12-. The summed E-state index contributed by atoms with van der Waals surface area (Å²) in [6.07, 6.45) is 1.73. The van der Waals surface area contributed by atoms with Crippen LogP contribution in [0.4, 0.5) is 5.69 Å². The quantitative estimate of drug-likeness (QED) is 0.616. The number of aromatic nitrogens is 1. The summed E-state index contributed by atoms with van der Waals surface area (Å²) < 4.78 is 0. The predicted molar refractivity (Wildman–Crippen MR) is 105 cm³/mol. The van der Waals surface area contributed by atoms with E-state index in [-0.39, 0.29) is 0 Å². The third-order valence-electron chi connectivity index (χ3n) is 4.03. The summed E-state index contributed by atoms with van der Waals surface area (Å²) in [6, 6.07) is 16.5. The molecule has 0 aliphatic heterocycles. The van der Waals surface area contributed by atoms with E-state index in [0.717, 1.165) is 27.5 Å². The first-order chi connectivity index (χ1) is 12.1. The molecule has 0 bridgehead atoms. The first-order valence-corrected chi connectivity index (χ1v) is 8.92. The first-order valence-electron chi connectivity index (χ1n) is 8.04. The van der Waals surface area contributed by atoms with Crippen molar-refractivity contribution >= 4 is 22.6 Å². The van der Waals surface area contributed by atoms with Crippen LogP contribution in [-0.4, -0.2) is 4.98 Å². The summed E-state index contributed by atoms with van der Waals surface area (Å²) in [5.41, 5.74) is 7.10. The summed E-state index contributed by atoms with van der Waals surface area (Å²) in [5, 5.41) is 15.4. The Morgan fingerprint density at radius 3 is 2.64 bits per heavy atom. The summed E-state index contributed by atoms with van der Waals surface area (Å²) in [5.74, 6) is 0. The smallest absolute Gasteiger partial charge is 0.136 e. The van der Waals surface area contributed by atoms with Crippen molar-refractivity contribution in [3.63, 3.8) is 0 Å². The fourth-order valence-corrected chi connectivity index (χ4v) is 3.43. The Labute approximate surface area is 152 Å². The van der Waals surface area contributed by atoms with Gasteiger partial charge in [-0.25, -0.2) is 4.98 Å². The Morgan fingerprint density at radius 1 is 1.12 bits per heavy atom. The zero-order chi connectivity index (χ0) is 17.8. The second-order valence-electron chi connectivity index (χ2n) is 5.99. The van der Waals surface area contributed by atoms with Gasteiger partial charge in [0.1, 0.15) is 16.6 Å². The number of benzene rings is 2. The molecule has 3 nitrogen and oxygen atoms in total. The van der Waals surface area contributed by atoms with Crippen molar-refractivity contribution in [1.29, 1.82) is 5.26 Å². The van der Waals surface area contributed by atoms with E-state index < -0.39 is 0 Å². The van der Waals surface area contributed by atoms with E-state index in [9.17, 15) is 5.26 Å². The zero-order valence-corrected chi connectivity index (χ0v) is 15.3. The van der Waals surface area contributed by atoms with Crippen molar-refractivity contribution < 1.29 is 0 Å². The van der Waals surface area contributed by atoms with Gasteiger partial charge < -0.3 is 5.32 Å². The van der Waals surface area contributed by atoms with Crippen LogP contribution in [0.25, 0.3) is 16.8 Å². The fourth-order valence-electron chi connectivity index (χ4n) is 2.65. The van der Waals surface area contributed by atoms with Crippen LogP contribution in [0, 0.1) is 32.1 Å². The second kappa shape index (κ2) is 7.33. The van der Waals surface area contributed by atoms with Crippen molar-refractivity contribution in [2.75, 3.05) is 5.32 Å². The minimum atomic E-state index is 0.532. The molecule has 0 amide bonds. The average Bonchev–Trinajstić information content (AvgIpc) is 3.06. The molecule has 1 heterocycles. The molecule has 0 fully saturated rings. The molecular formula is C21H19N3S. The summed E-state index contributed by atoms with van der Waals surface area (Å²) >= 11 is 1.49. The van der Waals surface area contributed by atoms with Gasteiger partial charge in [-0.2, -0.15) is 5.26 Å². The van der Waals surface area contributed by atoms with E-state index in [1.807, 2.05) is 36.6 Å². The number of nitrogens with one attached hydrogen (secondary N) is 1. The lowest BCUT2D eigenvalue weighted by Gasteiger charge is -2.05. The maximum atomic E-state index is 9.51. The Morgan fingerprint density at radius 2 is 1.92 bits per heavy atom. The van der Waals surface area contributed by atoms with Crippen molar-refractivity contribution in [1.82, 2.24) is 4.98 Å². The molecule has 124 valence electrons. The van der Waals surface area contributed by atoms with E-state index in [0.29, 0.717) is 5.57 Å². The molecule has 0 atom stereocenters. The number of nitriles is 1. The molecule has 25 heavy (non-hydrogen) atoms. The molecule has 4 heteroatoms. The molecule has 0 spiro atoms. The number of nitrogens with zero attached hydrogens (tertiary/aromatic N) is 2. The van der Waals surface area contributed by atoms with Gasteiger partial charge in [0.2, 0.25) is 0 Å². The lowest BCUT2D eigenvalue weighted by atomic mass is 10.0. The first kappa shape index (κ1) is 16.9. The van der Waals surface area contributed by atoms with Gasteiger partial charge in [0, 0.05) is 22.8 Å². The van der Waals surface area contributed by atoms with Crippen LogP contribution in [0.3, 0.4) is 0 Å². The minimum absolute atomic E-state index is 0.532. The van der Waals surface area contributed by atoms with Gasteiger partial charge in [-0.3, -0.25) is 0 Å². The molecule has 0 aliphatic rings. The van der Waals surface area contributed by atoms with Gasteiger partial charge in [0.25, 0.3) is 0 Å². The van der Waals surface area contributed by atoms with Crippen molar-refractivity contribution in [3.05, 3.63) is 75.7 Å². The largest absolute Gasteiger partial charge is 0.360 e. The highest BCUT2D eigenvalue weighted by Gasteiger charge is 2.10. The molecule has 3 aromatic rings. The third kappa shape index (κ3) is 3.78. The van der Waals surface area contributed by atoms with Gasteiger partial charge in [0.15, 0.2) is 0 Å². The maximum absolute atomic E-state index is 9.51. The van der Waals surface area contributed by atoms with Crippen LogP contribution in [0.2, 0.25) is 0 Å². The van der Waals surface area contributed by atoms with Crippen LogP contribution >= 0.6 is 11.3 Å². The highest BCUT2D eigenvalue weighted by Crippen LogP contribution is 2.28. The van der Waals surface area contributed by atoms with Crippen LogP contribution in [0.1, 0.15) is 21.7 Å². The second-order valence-corrected chi connectivity index (χ2v) is 6.84. The number of rotatable bonds is 4. The molecule has 1 N–H and O–H groups in total. The third-order valence-corrected chi connectivity index (χ3v) is 4.91. The number of hydrogen-bond donors (Lipinski definition) is 1. The van der Waals surface area contributed by atoms with Gasteiger partial charge in [-0.05, 0) is 38.0 Å². The maximum Gasteiger partial charge on any atom is 0.136 e. The van der Waals surface area contributed by atoms with Crippen LogP contribution in [-0.2, 0) is 0 Å². The topological polar surface area (TPSA) is 48.7 Å². The van der Waals surface area contributed by atoms with Crippen molar-refractivity contribution in [2.45, 2.75) is 20.8 Å². The number of allylic oxidation sites excluding steroid dienone is 1. The van der Waals surface area contributed by atoms with E-state index in [1.165, 1.54) is 22.5 Å². The van der Waals surface area contributed by atoms with Crippen LogP contribution in [0.5, 0.6) is 0 Å². The number of para-hydroxylation sites is 1. The molecule has 0 radical (unpaired) electrons. The van der Waals surface area contributed by atoms with Gasteiger partial charge in [-0.15, -0.1) is 11.3 Å². The number of anilines is 1. The molecule has 0 saturated heterocycles. The Kier molecular flexibility index (Phi) is 4.97. The number of thiazole rings is 1. The molecule has 0 saturated carbocycles. The lowest BCUT2D eigenvalue weighted by molar-refractivity contribution is 1.32. The molecule has 0 aliphatic carbocycles. The average molecular weight is 345 g/mol. The number of hydrogen-bond acceptors (Lipinski definition) is 4. The molecule has 0 unspecified atom stereocenters. The molecule has 1 aromatic heterocycles. The van der Waals surface area contributed by atoms with Crippen LogP contribution in [0.15, 0.2) is 54.0 Å². The normalized spacial score (nSPS) is 11.2. The van der Waals surface area contributed by atoms with Gasteiger partial charge in [0.05, 0.1) is 5.69 Å². The molecule has 3 rings (SSSR count). The Balaban J connectivity index is 1.88. The van der Waals surface area contributed by atoms with Gasteiger partial charge in [-0.1, -0.05) is 42.0 Å². The predicted octanol–water partition coefficient (Wildman–Crippen LogP) is 5.71. The monoisotopic (exact) mass is 345 g/mol. The van der Waals surface area contributed by atoms with Crippen molar-refractivity contribution in [2.24, 2.45) is 0 Å². The van der Waals surface area contributed by atoms with Crippen molar-refractivity contribution in [3.8, 4) is 17.3 Å². The highest BCUT2D eigenvalue weighted by atomic mass is 32.1. The zero-order valence-electron chi connectivity index (χ0n) is 14.5. The molecular weight excluding hydrogens is 326 g/mol. The fraction of sp³-hybridized carbons (Fsp3) is 0.143. The Hall–Kier alpha value is -2.90. The van der Waals surface area contributed by atoms with E-state index in [2.05, 4.69) is 48.4 Å². The summed E-state index contributed by atoms with van der Waals surface area (Å²) in [7, 11) is 0. The number of aryl methyl sites for hydroxylation is 3. The lowest BCUT2D eigenvalue weighted by Crippen LogP contribution is -1.93. The molecule has 2 aromatic carbocycles. The highest BCUT2D eigenvalue weighted by molar-refractivity contribution is 7.11. The summed E-state index contributed by atoms with van der Waals surface area (Å²) in [4.78, 5) is 4.66. The van der Waals surface area contributed by atoms with E-state index in [4.69, 9.17) is 0 Å². The van der Waals surface area contributed by atoms with Gasteiger partial charge >= 0.3 is 0 Å². The minimum Gasteiger partial charge on any atom is -0.360 e. The van der Waals surface area contributed by atoms with E-state index >= 15 is 0 Å².